The second-order valence-corrected chi connectivity index (χ2v) is 9.78. The van der Waals surface area contributed by atoms with E-state index in [0.717, 1.165) is 15.9 Å². The predicted octanol–water partition coefficient (Wildman–Crippen LogP) is 3.24. The van der Waals surface area contributed by atoms with Gasteiger partial charge in [-0.3, -0.25) is 9.59 Å². The summed E-state index contributed by atoms with van der Waals surface area (Å²) in [7, 11) is 1.56. The number of carbonyl (C=O) groups is 2. The molecule has 0 aliphatic carbocycles. The fourth-order valence-electron chi connectivity index (χ4n) is 3.09. The molecule has 0 unspecified atom stereocenters. The van der Waals surface area contributed by atoms with Gasteiger partial charge in [-0.1, -0.05) is 50.2 Å². The van der Waals surface area contributed by atoms with Crippen LogP contribution in [0.2, 0.25) is 0 Å². The van der Waals surface area contributed by atoms with E-state index in [1.165, 1.54) is 0 Å². The predicted molar refractivity (Wildman–Crippen MR) is 129 cm³/mol. The van der Waals surface area contributed by atoms with Crippen molar-refractivity contribution in [2.75, 3.05) is 12.8 Å². The van der Waals surface area contributed by atoms with Crippen LogP contribution in [-0.2, 0) is 20.8 Å². The summed E-state index contributed by atoms with van der Waals surface area (Å²) in [6.07, 6.45) is 0.927. The molecule has 174 valence electrons. The number of hydrogen-bond acceptors (Lipinski definition) is 7. The van der Waals surface area contributed by atoms with Crippen LogP contribution in [-0.4, -0.2) is 47.9 Å². The molecular formula is C23H31N3O4S2. The van der Waals surface area contributed by atoms with Crippen LogP contribution >= 0.6 is 23.1 Å². The fraction of sp³-hybridized carbons (Fsp3) is 0.435. The molecule has 9 heteroatoms. The number of thiophene rings is 1. The maximum atomic E-state index is 13.0. The number of benzene rings is 1. The van der Waals surface area contributed by atoms with Gasteiger partial charge in [0.2, 0.25) is 17.9 Å². The molecule has 0 aliphatic rings. The monoisotopic (exact) mass is 477 g/mol. The lowest BCUT2D eigenvalue weighted by Gasteiger charge is -2.26. The highest BCUT2D eigenvalue weighted by atomic mass is 32.2. The highest BCUT2D eigenvalue weighted by Crippen LogP contribution is 2.27. The van der Waals surface area contributed by atoms with Crippen LogP contribution in [0, 0.1) is 17.2 Å². The van der Waals surface area contributed by atoms with Crippen molar-refractivity contribution >= 4 is 41.0 Å². The first kappa shape index (κ1) is 27.6. The van der Waals surface area contributed by atoms with Gasteiger partial charge in [0.05, 0.1) is 16.2 Å². The molecule has 1 aromatic heterocycles. The lowest BCUT2D eigenvalue weighted by Crippen LogP contribution is -2.51. The van der Waals surface area contributed by atoms with Crippen LogP contribution in [0.3, 0.4) is 0 Å². The summed E-state index contributed by atoms with van der Waals surface area (Å²) in [5, 5.41) is 23.6. The van der Waals surface area contributed by atoms with E-state index in [4.69, 9.17) is 10.2 Å². The van der Waals surface area contributed by atoms with Crippen LogP contribution in [0.5, 0.6) is 0 Å². The van der Waals surface area contributed by atoms with Crippen molar-refractivity contribution < 1.29 is 19.5 Å². The number of amides is 2. The van der Waals surface area contributed by atoms with E-state index in [0.29, 0.717) is 18.6 Å². The molecule has 7 nitrogen and oxygen atoms in total. The molecule has 2 aromatic rings. The number of aliphatic hydroxyl groups is 1. The SMILES string of the molecule is CNC(=O)[C@H](Cc1ccccc1)NC(=O)[C@H](CC(C)C)[C@@H](O)CSc1cccs1.N=C=O. The Morgan fingerprint density at radius 3 is 2.34 bits per heavy atom. The van der Waals surface area contributed by atoms with Gasteiger partial charge in [0, 0.05) is 19.2 Å². The molecule has 1 heterocycles. The van der Waals surface area contributed by atoms with Gasteiger partial charge in [0.15, 0.2) is 0 Å². The smallest absolute Gasteiger partial charge is 0.242 e. The van der Waals surface area contributed by atoms with Crippen LogP contribution in [0.4, 0.5) is 0 Å². The Bertz CT molecular complexity index is 838. The number of carbonyl (C=O) groups excluding carboxylic acids is 3. The third-order valence-corrected chi connectivity index (χ3v) is 6.81. The first-order valence-electron chi connectivity index (χ1n) is 10.3. The molecule has 0 aliphatic heterocycles. The van der Waals surface area contributed by atoms with Crippen LogP contribution in [0.15, 0.2) is 52.1 Å². The lowest BCUT2D eigenvalue weighted by molar-refractivity contribution is -0.133. The van der Waals surface area contributed by atoms with Crippen LogP contribution < -0.4 is 10.6 Å². The Hall–Kier alpha value is -2.45. The van der Waals surface area contributed by atoms with Gasteiger partial charge in [-0.25, -0.2) is 10.2 Å². The zero-order valence-corrected chi connectivity index (χ0v) is 20.2. The maximum absolute atomic E-state index is 13.0. The molecule has 0 spiro atoms. The topological polar surface area (TPSA) is 119 Å². The highest BCUT2D eigenvalue weighted by molar-refractivity contribution is 8.01. The summed E-state index contributed by atoms with van der Waals surface area (Å²) in [4.78, 5) is 33.7. The quantitative estimate of drug-likeness (QED) is 0.225. The van der Waals surface area contributed by atoms with Crippen molar-refractivity contribution in [1.29, 1.82) is 5.41 Å². The molecule has 0 saturated heterocycles. The highest BCUT2D eigenvalue weighted by Gasteiger charge is 2.31. The minimum absolute atomic E-state index is 0.243. The van der Waals surface area contributed by atoms with Crippen LogP contribution in [0.25, 0.3) is 0 Å². The molecule has 3 atom stereocenters. The third kappa shape index (κ3) is 10.2. The van der Waals surface area contributed by atoms with Crippen molar-refractivity contribution in [3.63, 3.8) is 0 Å². The number of rotatable bonds is 11. The first-order chi connectivity index (χ1) is 15.3. The number of hydrogen-bond donors (Lipinski definition) is 4. The van der Waals surface area contributed by atoms with E-state index in [1.54, 1.807) is 30.1 Å². The zero-order chi connectivity index (χ0) is 23.9. The van der Waals surface area contributed by atoms with E-state index >= 15 is 0 Å². The number of isocyanates is 1. The summed E-state index contributed by atoms with van der Waals surface area (Å²) in [6.45, 7) is 4.05. The van der Waals surface area contributed by atoms with Crippen molar-refractivity contribution in [2.24, 2.45) is 11.8 Å². The van der Waals surface area contributed by atoms with Crippen molar-refractivity contribution in [2.45, 2.75) is 43.0 Å². The van der Waals surface area contributed by atoms with Gasteiger partial charge >= 0.3 is 0 Å². The molecule has 2 rings (SSSR count). The molecule has 0 saturated carbocycles. The van der Waals surface area contributed by atoms with E-state index in [2.05, 4.69) is 10.6 Å². The summed E-state index contributed by atoms with van der Waals surface area (Å²) in [5.74, 6) is -0.394. The second-order valence-electron chi connectivity index (χ2n) is 7.51. The Morgan fingerprint density at radius 2 is 1.81 bits per heavy atom. The van der Waals surface area contributed by atoms with Gasteiger partial charge in [-0.2, -0.15) is 0 Å². The Labute approximate surface area is 197 Å². The van der Waals surface area contributed by atoms with Crippen molar-refractivity contribution in [1.82, 2.24) is 10.6 Å². The summed E-state index contributed by atoms with van der Waals surface area (Å²) >= 11 is 3.17. The molecular weight excluding hydrogens is 446 g/mol. The fourth-order valence-corrected chi connectivity index (χ4v) is 4.92. The molecule has 1 aromatic carbocycles. The summed E-state index contributed by atoms with van der Waals surface area (Å²) in [5.41, 5.74) is 0.968. The van der Waals surface area contributed by atoms with Gasteiger partial charge in [-0.15, -0.1) is 23.1 Å². The molecule has 32 heavy (non-hydrogen) atoms. The average Bonchev–Trinajstić information content (AvgIpc) is 3.29. The van der Waals surface area contributed by atoms with Crippen molar-refractivity contribution in [3.05, 3.63) is 53.4 Å². The van der Waals surface area contributed by atoms with Gasteiger partial charge in [0.25, 0.3) is 0 Å². The minimum Gasteiger partial charge on any atom is -0.391 e. The third-order valence-electron chi connectivity index (χ3n) is 4.58. The normalized spacial score (nSPS) is 13.2. The number of thioether (sulfide) groups is 1. The minimum atomic E-state index is -0.786. The van der Waals surface area contributed by atoms with Crippen molar-refractivity contribution in [3.8, 4) is 0 Å². The second kappa shape index (κ2) is 15.4. The van der Waals surface area contributed by atoms with Crippen LogP contribution in [0.1, 0.15) is 25.8 Å². The Kier molecular flexibility index (Phi) is 13.2. The molecule has 0 radical (unpaired) electrons. The standard InChI is InChI=1S/C22H30N2O3S2.CHNO/c1-15(2)12-17(19(25)14-29-20-10-7-11-28-20)21(26)24-18(22(27)23-3)13-16-8-5-4-6-9-16;2-1-3/h4-11,15,17-19,25H,12-14H2,1-3H3,(H,23,27)(H,24,26);2H/t17-,18+,19+;/m1./s1. The average molecular weight is 478 g/mol. The van der Waals surface area contributed by atoms with E-state index in [1.807, 2.05) is 61.7 Å². The zero-order valence-electron chi connectivity index (χ0n) is 18.5. The van der Waals surface area contributed by atoms with Gasteiger partial charge in [0.1, 0.15) is 6.04 Å². The summed E-state index contributed by atoms with van der Waals surface area (Å²) in [6, 6.07) is 12.9. The summed E-state index contributed by atoms with van der Waals surface area (Å²) < 4.78 is 1.11. The Morgan fingerprint density at radius 1 is 1.16 bits per heavy atom. The Balaban J connectivity index is 0.00000161. The van der Waals surface area contributed by atoms with Gasteiger partial charge in [-0.05, 0) is 29.3 Å². The largest absolute Gasteiger partial charge is 0.391 e. The van der Waals surface area contributed by atoms with Gasteiger partial charge < -0.3 is 15.7 Å². The molecule has 2 amide bonds. The molecule has 4 N–H and O–H groups in total. The first-order valence-corrected chi connectivity index (χ1v) is 12.1. The number of aliphatic hydroxyl groups excluding tert-OH is 1. The number of nitrogens with one attached hydrogen (secondary N) is 3. The van der Waals surface area contributed by atoms with E-state index < -0.39 is 18.1 Å². The number of likely N-dealkylation sites (N-methyl/N-ethyl adjacent to an activating group) is 1. The maximum Gasteiger partial charge on any atom is 0.242 e. The molecule has 0 bridgehead atoms. The molecule has 0 fully saturated rings. The van der Waals surface area contributed by atoms with E-state index in [-0.39, 0.29) is 17.7 Å². The lowest BCUT2D eigenvalue weighted by atomic mass is 9.91. The van der Waals surface area contributed by atoms with E-state index in [9.17, 15) is 14.7 Å².